The molecule has 72 heavy (non-hydrogen) atoms. The van der Waals surface area contributed by atoms with Crippen LogP contribution >= 0.6 is 15.9 Å². The number of urea groups is 1. The molecular weight excluding hydrogens is 1020 g/mol. The number of halogens is 1. The van der Waals surface area contributed by atoms with Crippen LogP contribution in [0, 0.1) is 0 Å². The molecule has 0 saturated heterocycles. The standard InChI is InChI=1S/C45H65BrN10O16/c46-35-13-9-31(24-50-35)27-56(18-4-2-5-33(43(68)69)52-45(72)53-34(44(70)71)12-14-38(59)60)42(67)32-10-7-30(8-11-32)23-51-36(57)6-1-3-15-49-37(58)28-54(19-16-47-25-39(61)62)21-22-55(29-41(65)66)20-17-48-26-40(63)64/h7-11,13,24,33-34,47-48H,1-6,12,14-23,25-29H2,(H,49,58)(H,51,57)(H,59,60)(H,61,62)(H,63,64)(H,65,66)(H,68,69)(H,70,71)(H2,52,53,72)/t33-,34-/m1/s1. The Bertz CT molecular complexity index is 2100. The maximum absolute atomic E-state index is 13.8. The lowest BCUT2D eigenvalue weighted by atomic mass is 10.1. The second kappa shape index (κ2) is 34.5. The van der Waals surface area contributed by atoms with E-state index in [1.807, 2.05) is 0 Å². The highest BCUT2D eigenvalue weighted by Gasteiger charge is 2.25. The van der Waals surface area contributed by atoms with E-state index in [0.717, 1.165) is 0 Å². The number of carboxylic acid groups (broad SMARTS) is 6. The van der Waals surface area contributed by atoms with Crippen molar-refractivity contribution >= 4 is 75.5 Å². The van der Waals surface area contributed by atoms with Crippen LogP contribution in [0.5, 0.6) is 0 Å². The van der Waals surface area contributed by atoms with Gasteiger partial charge in [-0.25, -0.2) is 19.4 Å². The summed E-state index contributed by atoms with van der Waals surface area (Å²) in [6.07, 6.45) is 2.27. The summed E-state index contributed by atoms with van der Waals surface area (Å²) in [7, 11) is 0. The van der Waals surface area contributed by atoms with Gasteiger partial charge in [0, 0.05) is 90.0 Å². The topological polar surface area (TPSA) is 387 Å². The number of pyridine rings is 1. The number of carboxylic acids is 6. The predicted octanol–water partition coefficient (Wildman–Crippen LogP) is -0.333. The fourth-order valence-corrected chi connectivity index (χ4v) is 7.01. The number of benzene rings is 1. The lowest BCUT2D eigenvalue weighted by Gasteiger charge is -2.26. The van der Waals surface area contributed by atoms with Crippen LogP contribution in [0.15, 0.2) is 47.2 Å². The largest absolute Gasteiger partial charge is 0.481 e. The van der Waals surface area contributed by atoms with E-state index in [2.05, 4.69) is 52.8 Å². The second-order valence-corrected chi connectivity index (χ2v) is 17.2. The molecule has 2 aromatic rings. The van der Waals surface area contributed by atoms with Crippen molar-refractivity contribution in [3.8, 4) is 0 Å². The molecule has 1 heterocycles. The Balaban J connectivity index is 1.89. The number of carbonyl (C=O) groups is 10. The van der Waals surface area contributed by atoms with E-state index in [9.17, 15) is 63.3 Å². The minimum atomic E-state index is -1.55. The maximum Gasteiger partial charge on any atom is 0.326 e. The third kappa shape index (κ3) is 28.1. The summed E-state index contributed by atoms with van der Waals surface area (Å²) in [5.41, 5.74) is 1.77. The summed E-state index contributed by atoms with van der Waals surface area (Å²) >= 11 is 3.29. The molecule has 0 fully saturated rings. The van der Waals surface area contributed by atoms with Gasteiger partial charge in [0.05, 0.1) is 26.2 Å². The van der Waals surface area contributed by atoms with E-state index in [1.165, 1.54) is 0 Å². The highest BCUT2D eigenvalue weighted by atomic mass is 79.9. The predicted molar refractivity (Wildman–Crippen MR) is 259 cm³/mol. The number of unbranched alkanes of at least 4 members (excludes halogenated alkanes) is 2. The van der Waals surface area contributed by atoms with Crippen LogP contribution in [0.25, 0.3) is 0 Å². The van der Waals surface area contributed by atoms with Crippen molar-refractivity contribution in [1.29, 1.82) is 0 Å². The van der Waals surface area contributed by atoms with Gasteiger partial charge in [-0.15, -0.1) is 0 Å². The van der Waals surface area contributed by atoms with Gasteiger partial charge in [-0.05, 0) is 83.8 Å². The number of hydrogen-bond acceptors (Lipinski definition) is 15. The minimum Gasteiger partial charge on any atom is -0.481 e. The monoisotopic (exact) mass is 1080 g/mol. The van der Waals surface area contributed by atoms with Gasteiger partial charge in [0.15, 0.2) is 0 Å². The van der Waals surface area contributed by atoms with Gasteiger partial charge in [-0.1, -0.05) is 18.2 Å². The first-order valence-corrected chi connectivity index (χ1v) is 23.8. The first kappa shape index (κ1) is 61.3. The molecule has 1 aromatic heterocycles. The van der Waals surface area contributed by atoms with Crippen LogP contribution < -0.4 is 31.9 Å². The quantitative estimate of drug-likeness (QED) is 0.0301. The van der Waals surface area contributed by atoms with Crippen molar-refractivity contribution in [3.05, 3.63) is 63.9 Å². The lowest BCUT2D eigenvalue weighted by molar-refractivity contribution is -0.141. The highest BCUT2D eigenvalue weighted by Crippen LogP contribution is 2.15. The zero-order chi connectivity index (χ0) is 53.4. The van der Waals surface area contributed by atoms with E-state index < -0.39 is 66.8 Å². The number of carbonyl (C=O) groups excluding carboxylic acids is 4. The van der Waals surface area contributed by atoms with Crippen LogP contribution in [-0.4, -0.2) is 201 Å². The molecular formula is C45H65BrN10O16. The van der Waals surface area contributed by atoms with Crippen LogP contribution in [0.2, 0.25) is 0 Å². The van der Waals surface area contributed by atoms with Crippen molar-refractivity contribution in [2.24, 2.45) is 0 Å². The minimum absolute atomic E-state index is 0.0598. The van der Waals surface area contributed by atoms with Crippen LogP contribution in [0.4, 0.5) is 4.79 Å². The van der Waals surface area contributed by atoms with Crippen LogP contribution in [0.3, 0.4) is 0 Å². The first-order valence-electron chi connectivity index (χ1n) is 23.0. The molecule has 0 aliphatic carbocycles. The SMILES string of the molecule is O=C(O)CC[C@@H](NC(=O)N[C@H](CCCCN(Cc1ccc(Br)nc1)C(=O)c1ccc(CNC(=O)CCCCNC(=O)CN(CCNCC(=O)O)CCN(CCNCC(=O)O)CC(=O)O)cc1)C(=O)O)C(=O)O. The zero-order valence-electron chi connectivity index (χ0n) is 39.7. The van der Waals surface area contributed by atoms with E-state index in [1.54, 1.807) is 57.3 Å². The Morgan fingerprint density at radius 1 is 0.556 bits per heavy atom. The van der Waals surface area contributed by atoms with Crippen molar-refractivity contribution in [2.45, 2.75) is 76.5 Å². The number of amides is 5. The van der Waals surface area contributed by atoms with Gasteiger partial charge in [-0.3, -0.25) is 43.4 Å². The molecule has 398 valence electrons. The maximum atomic E-state index is 13.8. The Kier molecular flexibility index (Phi) is 29.4. The van der Waals surface area contributed by atoms with Crippen molar-refractivity contribution in [1.82, 2.24) is 51.6 Å². The van der Waals surface area contributed by atoms with E-state index in [-0.39, 0.29) is 129 Å². The third-order valence-corrected chi connectivity index (χ3v) is 11.0. The summed E-state index contributed by atoms with van der Waals surface area (Å²) in [5.74, 6) is -8.20. The molecule has 12 N–H and O–H groups in total. The van der Waals surface area contributed by atoms with E-state index in [4.69, 9.17) is 15.3 Å². The molecule has 5 amide bonds. The number of hydrogen-bond donors (Lipinski definition) is 12. The number of nitrogens with zero attached hydrogens (tertiary/aromatic N) is 4. The number of rotatable bonds is 39. The zero-order valence-corrected chi connectivity index (χ0v) is 41.3. The normalized spacial score (nSPS) is 11.8. The fourth-order valence-electron chi connectivity index (χ4n) is 6.78. The summed E-state index contributed by atoms with van der Waals surface area (Å²) in [5, 5.41) is 70.4. The average Bonchev–Trinajstić information content (AvgIpc) is 3.31. The number of aromatic nitrogens is 1. The first-order chi connectivity index (χ1) is 34.2. The van der Waals surface area contributed by atoms with Gasteiger partial charge < -0.3 is 67.4 Å². The summed E-state index contributed by atoms with van der Waals surface area (Å²) in [6, 6.07) is 6.08. The Labute approximate surface area is 423 Å². The molecule has 1 aromatic carbocycles. The molecule has 2 rings (SSSR count). The smallest absolute Gasteiger partial charge is 0.326 e. The van der Waals surface area contributed by atoms with Gasteiger partial charge >= 0.3 is 41.8 Å². The van der Waals surface area contributed by atoms with Crippen LogP contribution in [-0.2, 0) is 51.4 Å². The molecule has 0 radical (unpaired) electrons. The Morgan fingerprint density at radius 2 is 1.14 bits per heavy atom. The summed E-state index contributed by atoms with van der Waals surface area (Å²) in [4.78, 5) is 128. The van der Waals surface area contributed by atoms with Gasteiger partial charge in [0.2, 0.25) is 11.8 Å². The van der Waals surface area contributed by atoms with Gasteiger partial charge in [-0.2, -0.15) is 0 Å². The molecule has 2 atom stereocenters. The second-order valence-electron chi connectivity index (χ2n) is 16.4. The third-order valence-electron chi connectivity index (χ3n) is 10.5. The highest BCUT2D eigenvalue weighted by molar-refractivity contribution is 9.10. The van der Waals surface area contributed by atoms with Gasteiger partial charge in [0.25, 0.3) is 5.91 Å². The Hall–Kier alpha value is -6.81. The van der Waals surface area contributed by atoms with E-state index in [0.29, 0.717) is 40.6 Å². The molecule has 0 saturated carbocycles. The molecule has 27 heteroatoms. The van der Waals surface area contributed by atoms with Crippen molar-refractivity contribution in [3.63, 3.8) is 0 Å². The van der Waals surface area contributed by atoms with Gasteiger partial charge in [0.1, 0.15) is 16.7 Å². The van der Waals surface area contributed by atoms with Crippen molar-refractivity contribution < 1.29 is 78.6 Å². The van der Waals surface area contributed by atoms with E-state index >= 15 is 0 Å². The molecule has 0 aliphatic rings. The Morgan fingerprint density at radius 3 is 1.68 bits per heavy atom. The molecule has 0 bridgehead atoms. The number of aliphatic carboxylic acids is 6. The molecule has 26 nitrogen and oxygen atoms in total. The average molecular weight is 1080 g/mol. The molecule has 0 spiro atoms. The fraction of sp³-hybridized carbons (Fsp3) is 0.533. The summed E-state index contributed by atoms with van der Waals surface area (Å²) < 4.78 is 0.590. The number of nitrogens with one attached hydrogen (secondary N) is 6. The molecule has 0 unspecified atom stereocenters. The molecule has 0 aliphatic heterocycles. The summed E-state index contributed by atoms with van der Waals surface area (Å²) in [6.45, 7) is 1.36. The van der Waals surface area contributed by atoms with Crippen LogP contribution in [0.1, 0.15) is 72.9 Å². The van der Waals surface area contributed by atoms with Crippen molar-refractivity contribution in [2.75, 3.05) is 78.5 Å². The lowest BCUT2D eigenvalue weighted by Crippen LogP contribution is -2.51.